The Kier molecular flexibility index (Phi) is 9.69. The summed E-state index contributed by atoms with van der Waals surface area (Å²) in [4.78, 5) is 14.9. The van der Waals surface area contributed by atoms with Gasteiger partial charge < -0.3 is 20.1 Å². The zero-order chi connectivity index (χ0) is 20.2. The molecule has 5 nitrogen and oxygen atoms in total. The number of hydrogen-bond donors (Lipinski definition) is 1. The molecule has 5 heteroatoms. The zero-order valence-electron chi connectivity index (χ0n) is 16.9. The van der Waals surface area contributed by atoms with Crippen LogP contribution >= 0.6 is 0 Å². The molecule has 0 bridgehead atoms. The Hall–Kier alpha value is -2.21. The van der Waals surface area contributed by atoms with Gasteiger partial charge in [0.25, 0.3) is 0 Å². The van der Waals surface area contributed by atoms with Gasteiger partial charge in [0, 0.05) is 19.8 Å². The van der Waals surface area contributed by atoms with Gasteiger partial charge in [0.15, 0.2) is 6.29 Å². The van der Waals surface area contributed by atoms with E-state index in [4.69, 9.17) is 15.2 Å². The molecule has 2 rings (SSSR count). The third-order valence-corrected chi connectivity index (χ3v) is 4.52. The van der Waals surface area contributed by atoms with Gasteiger partial charge in [0.05, 0.1) is 12.6 Å². The first-order valence-corrected chi connectivity index (χ1v) is 9.99. The average molecular weight is 385 g/mol. The predicted octanol–water partition coefficient (Wildman–Crippen LogP) is 3.03. The molecule has 28 heavy (non-hydrogen) atoms. The summed E-state index contributed by atoms with van der Waals surface area (Å²) in [6.45, 7) is 5.84. The van der Waals surface area contributed by atoms with Gasteiger partial charge in [0.2, 0.25) is 5.91 Å². The van der Waals surface area contributed by atoms with Gasteiger partial charge in [-0.1, -0.05) is 60.7 Å². The van der Waals surface area contributed by atoms with E-state index >= 15 is 0 Å². The number of nitrogens with two attached hydrogens (primary N) is 1. The minimum absolute atomic E-state index is 0.0795. The average Bonchev–Trinajstić information content (AvgIpc) is 2.72. The lowest BCUT2D eigenvalue weighted by Gasteiger charge is -2.29. The highest BCUT2D eigenvalue weighted by atomic mass is 16.7. The minimum atomic E-state index is -0.595. The lowest BCUT2D eigenvalue weighted by Crippen LogP contribution is -2.49. The van der Waals surface area contributed by atoms with Crippen molar-refractivity contribution in [1.82, 2.24) is 4.90 Å². The van der Waals surface area contributed by atoms with Crippen molar-refractivity contribution in [1.29, 1.82) is 0 Å². The fraction of sp³-hybridized carbons (Fsp3) is 0.435. The number of rotatable bonds is 12. The number of amides is 1. The first kappa shape index (κ1) is 22.1. The summed E-state index contributed by atoms with van der Waals surface area (Å²) in [5.41, 5.74) is 8.50. The van der Waals surface area contributed by atoms with Crippen molar-refractivity contribution < 1.29 is 14.3 Å². The Morgan fingerprint density at radius 1 is 0.929 bits per heavy atom. The summed E-state index contributed by atoms with van der Waals surface area (Å²) in [5, 5.41) is 0. The van der Waals surface area contributed by atoms with E-state index in [1.807, 2.05) is 62.4 Å². The smallest absolute Gasteiger partial charge is 0.240 e. The van der Waals surface area contributed by atoms with Crippen molar-refractivity contribution in [2.45, 2.75) is 39.0 Å². The van der Waals surface area contributed by atoms with Crippen molar-refractivity contribution in [3.05, 3.63) is 71.8 Å². The fourth-order valence-corrected chi connectivity index (χ4v) is 3.10. The molecular weight excluding hydrogens is 352 g/mol. The Balaban J connectivity index is 2.06. The highest BCUT2D eigenvalue weighted by molar-refractivity contribution is 5.82. The van der Waals surface area contributed by atoms with Crippen LogP contribution in [0.4, 0.5) is 0 Å². The maximum atomic E-state index is 13.1. The summed E-state index contributed by atoms with van der Waals surface area (Å²) in [5.74, 6) is -0.0795. The highest BCUT2D eigenvalue weighted by Crippen LogP contribution is 2.09. The molecule has 2 aromatic rings. The van der Waals surface area contributed by atoms with E-state index in [2.05, 4.69) is 12.1 Å². The van der Waals surface area contributed by atoms with Crippen LogP contribution in [0.1, 0.15) is 25.0 Å². The summed E-state index contributed by atoms with van der Waals surface area (Å²) in [6.07, 6.45) is 0.823. The lowest BCUT2D eigenvalue weighted by atomic mass is 10.1. The quantitative estimate of drug-likeness (QED) is 0.571. The first-order valence-electron chi connectivity index (χ1n) is 9.99. The molecular formula is C23H32N2O3. The second-order valence-electron chi connectivity index (χ2n) is 6.66. The molecule has 1 amide bonds. The molecule has 0 spiro atoms. The van der Waals surface area contributed by atoms with Gasteiger partial charge >= 0.3 is 0 Å². The van der Waals surface area contributed by atoms with Crippen LogP contribution in [0.3, 0.4) is 0 Å². The molecule has 0 saturated carbocycles. The van der Waals surface area contributed by atoms with Crippen LogP contribution in [0, 0.1) is 0 Å². The van der Waals surface area contributed by atoms with Crippen LogP contribution in [-0.4, -0.2) is 49.4 Å². The molecule has 0 unspecified atom stereocenters. The third kappa shape index (κ3) is 7.43. The standard InChI is InChI=1S/C23H32N2O3/c1-3-27-22(28-4-2)18-25(16-15-19-11-7-5-8-12-19)23(26)21(24)17-20-13-9-6-10-14-20/h5-14,21-22H,3-4,15-18,24H2,1-2H3/t21-/m0/s1. The molecule has 0 aliphatic rings. The van der Waals surface area contributed by atoms with Crippen molar-refractivity contribution >= 4 is 5.91 Å². The van der Waals surface area contributed by atoms with E-state index < -0.39 is 12.3 Å². The third-order valence-electron chi connectivity index (χ3n) is 4.52. The Morgan fingerprint density at radius 2 is 1.46 bits per heavy atom. The molecule has 0 aliphatic heterocycles. The zero-order valence-corrected chi connectivity index (χ0v) is 16.9. The van der Waals surface area contributed by atoms with E-state index in [1.54, 1.807) is 4.90 Å². The van der Waals surface area contributed by atoms with Crippen molar-refractivity contribution in [2.24, 2.45) is 5.73 Å². The minimum Gasteiger partial charge on any atom is -0.351 e. The second-order valence-corrected chi connectivity index (χ2v) is 6.66. The molecule has 0 aliphatic carbocycles. The van der Waals surface area contributed by atoms with Crippen molar-refractivity contribution in [3.8, 4) is 0 Å². The van der Waals surface area contributed by atoms with Gasteiger partial charge in [0.1, 0.15) is 0 Å². The summed E-state index contributed by atoms with van der Waals surface area (Å²) in [7, 11) is 0. The normalized spacial score (nSPS) is 12.1. The maximum absolute atomic E-state index is 13.1. The van der Waals surface area contributed by atoms with Gasteiger partial charge in [-0.15, -0.1) is 0 Å². The number of benzene rings is 2. The molecule has 1 atom stereocenters. The molecule has 152 valence electrons. The van der Waals surface area contributed by atoms with E-state index in [9.17, 15) is 4.79 Å². The van der Waals surface area contributed by atoms with Crippen molar-refractivity contribution in [3.63, 3.8) is 0 Å². The van der Waals surface area contributed by atoms with Crippen LogP contribution in [0.5, 0.6) is 0 Å². The molecule has 0 fully saturated rings. The van der Waals surface area contributed by atoms with Crippen LogP contribution in [-0.2, 0) is 27.1 Å². The number of ether oxygens (including phenoxy) is 2. The van der Waals surface area contributed by atoms with Crippen LogP contribution in [0.25, 0.3) is 0 Å². The van der Waals surface area contributed by atoms with Gasteiger partial charge in [-0.05, 0) is 37.8 Å². The second kappa shape index (κ2) is 12.3. The van der Waals surface area contributed by atoms with Gasteiger partial charge in [-0.2, -0.15) is 0 Å². The SMILES string of the molecule is CCOC(CN(CCc1ccccc1)C(=O)[C@@H](N)Cc1ccccc1)OCC. The molecule has 0 heterocycles. The Morgan fingerprint density at radius 3 is 2.00 bits per heavy atom. The van der Waals surface area contributed by atoms with E-state index in [-0.39, 0.29) is 5.91 Å². The summed E-state index contributed by atoms with van der Waals surface area (Å²) in [6, 6.07) is 19.4. The molecule has 2 N–H and O–H groups in total. The van der Waals surface area contributed by atoms with Crippen LogP contribution < -0.4 is 5.73 Å². The van der Waals surface area contributed by atoms with Crippen LogP contribution in [0.15, 0.2) is 60.7 Å². The largest absolute Gasteiger partial charge is 0.351 e. The maximum Gasteiger partial charge on any atom is 0.240 e. The Labute approximate surface area is 168 Å². The van der Waals surface area contributed by atoms with Crippen LogP contribution in [0.2, 0.25) is 0 Å². The number of hydrogen-bond acceptors (Lipinski definition) is 4. The summed E-state index contributed by atoms with van der Waals surface area (Å²) < 4.78 is 11.3. The molecule has 0 radical (unpaired) electrons. The number of carbonyl (C=O) groups excluding carboxylic acids is 1. The van der Waals surface area contributed by atoms with Gasteiger partial charge in [-0.3, -0.25) is 4.79 Å². The lowest BCUT2D eigenvalue weighted by molar-refractivity contribution is -0.159. The van der Waals surface area contributed by atoms with Gasteiger partial charge in [-0.25, -0.2) is 0 Å². The first-order chi connectivity index (χ1) is 13.6. The van der Waals surface area contributed by atoms with E-state index in [0.29, 0.717) is 32.7 Å². The predicted molar refractivity (Wildman–Crippen MR) is 112 cm³/mol. The molecule has 2 aromatic carbocycles. The van der Waals surface area contributed by atoms with Crippen molar-refractivity contribution in [2.75, 3.05) is 26.3 Å². The Bertz CT molecular complexity index is 673. The molecule has 0 saturated heterocycles. The monoisotopic (exact) mass is 384 g/mol. The number of nitrogens with zero attached hydrogens (tertiary/aromatic N) is 1. The fourth-order valence-electron chi connectivity index (χ4n) is 3.10. The topological polar surface area (TPSA) is 64.8 Å². The highest BCUT2D eigenvalue weighted by Gasteiger charge is 2.24. The molecule has 0 aromatic heterocycles. The van der Waals surface area contributed by atoms with E-state index in [0.717, 1.165) is 12.0 Å². The number of carbonyl (C=O) groups is 1. The summed E-state index contributed by atoms with van der Waals surface area (Å²) >= 11 is 0. The van der Waals surface area contributed by atoms with E-state index in [1.165, 1.54) is 5.56 Å².